The van der Waals surface area contributed by atoms with Gasteiger partial charge in [-0.3, -0.25) is 4.79 Å². The lowest BCUT2D eigenvalue weighted by Gasteiger charge is -2.11. The molecule has 0 aliphatic rings. The Bertz CT molecular complexity index is 895. The van der Waals surface area contributed by atoms with Gasteiger partial charge in [0.05, 0.1) is 13.7 Å². The number of hydrogen-bond acceptors (Lipinski definition) is 5. The molecule has 2 aromatic carbocycles. The van der Waals surface area contributed by atoms with Crippen LogP contribution in [-0.4, -0.2) is 41.6 Å². The summed E-state index contributed by atoms with van der Waals surface area (Å²) in [7, 11) is -1.05. The summed E-state index contributed by atoms with van der Waals surface area (Å²) in [6.45, 7) is 3.05. The van der Waals surface area contributed by atoms with Gasteiger partial charge < -0.3 is 14.8 Å². The van der Waals surface area contributed by atoms with E-state index in [-0.39, 0.29) is 22.1 Å². The van der Waals surface area contributed by atoms with Crippen LogP contribution in [0.15, 0.2) is 47.4 Å². The normalized spacial score (nSPS) is 11.1. The third kappa shape index (κ3) is 5.97. The van der Waals surface area contributed by atoms with E-state index < -0.39 is 10.0 Å². The van der Waals surface area contributed by atoms with Crippen molar-refractivity contribution in [2.75, 3.05) is 27.3 Å². The number of sulfonamides is 1. The predicted molar refractivity (Wildman–Crippen MR) is 107 cm³/mol. The fourth-order valence-corrected chi connectivity index (χ4v) is 3.41. The average Bonchev–Trinajstić information content (AvgIpc) is 2.71. The molecule has 0 aliphatic heterocycles. The van der Waals surface area contributed by atoms with Gasteiger partial charge in [-0.2, -0.15) is 0 Å². The Labute approximate surface area is 166 Å². The first-order valence-electron chi connectivity index (χ1n) is 8.96. The van der Waals surface area contributed by atoms with Gasteiger partial charge in [0.25, 0.3) is 5.91 Å². The van der Waals surface area contributed by atoms with Crippen LogP contribution in [0.4, 0.5) is 0 Å². The minimum absolute atomic E-state index is 0.0725. The molecule has 0 atom stereocenters. The van der Waals surface area contributed by atoms with E-state index in [1.165, 1.54) is 37.9 Å². The molecular weight excluding hydrogens is 380 g/mol. The van der Waals surface area contributed by atoms with Gasteiger partial charge in [0.15, 0.2) is 0 Å². The van der Waals surface area contributed by atoms with Crippen LogP contribution in [0.5, 0.6) is 11.5 Å². The summed E-state index contributed by atoms with van der Waals surface area (Å²) in [5.74, 6) is 0.667. The van der Waals surface area contributed by atoms with Crippen LogP contribution in [0.3, 0.4) is 0 Å². The number of unbranched alkanes of at least 4 members (excludes halogenated alkanes) is 1. The van der Waals surface area contributed by atoms with Gasteiger partial charge in [0.2, 0.25) is 10.0 Å². The van der Waals surface area contributed by atoms with Crippen LogP contribution in [0, 0.1) is 6.92 Å². The van der Waals surface area contributed by atoms with Gasteiger partial charge >= 0.3 is 0 Å². The van der Waals surface area contributed by atoms with Crippen LogP contribution in [-0.2, 0) is 10.0 Å². The Balaban J connectivity index is 1.83. The zero-order valence-corrected chi connectivity index (χ0v) is 17.1. The topological polar surface area (TPSA) is 93.7 Å². The zero-order chi connectivity index (χ0) is 20.6. The van der Waals surface area contributed by atoms with E-state index in [9.17, 15) is 13.2 Å². The molecule has 0 spiro atoms. The van der Waals surface area contributed by atoms with Crippen molar-refractivity contribution < 1.29 is 22.7 Å². The number of amides is 1. The quantitative estimate of drug-likeness (QED) is 0.591. The van der Waals surface area contributed by atoms with Crippen molar-refractivity contribution in [3.05, 3.63) is 53.6 Å². The molecule has 7 nitrogen and oxygen atoms in total. The molecule has 152 valence electrons. The minimum atomic E-state index is -3.73. The van der Waals surface area contributed by atoms with Crippen molar-refractivity contribution in [2.45, 2.75) is 24.7 Å². The molecule has 28 heavy (non-hydrogen) atoms. The smallest absolute Gasteiger partial charge is 0.251 e. The largest absolute Gasteiger partial charge is 0.495 e. The van der Waals surface area contributed by atoms with Crippen LogP contribution in [0.2, 0.25) is 0 Å². The second kappa shape index (κ2) is 10.1. The molecule has 0 radical (unpaired) electrons. The molecule has 0 unspecified atom stereocenters. The van der Waals surface area contributed by atoms with E-state index in [4.69, 9.17) is 9.47 Å². The summed E-state index contributed by atoms with van der Waals surface area (Å²) in [6, 6.07) is 12.1. The molecule has 0 saturated carbocycles. The standard InChI is InChI=1S/C20H26N2O5S/c1-15-6-9-17(10-7-15)27-13-5-4-12-22-20(23)16-8-11-18(26-3)19(14-16)28(24,25)21-2/h6-11,14,21H,4-5,12-13H2,1-3H3,(H,22,23). The second-order valence-electron chi connectivity index (χ2n) is 6.20. The van der Waals surface area contributed by atoms with E-state index in [1.807, 2.05) is 31.2 Å². The Kier molecular flexibility index (Phi) is 7.83. The SMILES string of the molecule is CNS(=O)(=O)c1cc(C(=O)NCCCCOc2ccc(C)cc2)ccc1OC. The van der Waals surface area contributed by atoms with Crippen molar-refractivity contribution in [3.63, 3.8) is 0 Å². The first kappa shape index (κ1) is 21.7. The maximum atomic E-state index is 12.3. The maximum Gasteiger partial charge on any atom is 0.251 e. The molecule has 2 rings (SSSR count). The molecule has 0 aliphatic carbocycles. The number of hydrogen-bond donors (Lipinski definition) is 2. The number of ether oxygens (including phenoxy) is 2. The highest BCUT2D eigenvalue weighted by Gasteiger charge is 2.20. The lowest BCUT2D eigenvalue weighted by molar-refractivity contribution is 0.0952. The molecule has 0 heterocycles. The van der Waals surface area contributed by atoms with Crippen LogP contribution >= 0.6 is 0 Å². The molecule has 2 aromatic rings. The Morgan fingerprint density at radius 3 is 2.43 bits per heavy atom. The lowest BCUT2D eigenvalue weighted by Crippen LogP contribution is -2.26. The van der Waals surface area contributed by atoms with E-state index in [0.29, 0.717) is 13.2 Å². The van der Waals surface area contributed by atoms with Crippen molar-refractivity contribution in [2.24, 2.45) is 0 Å². The zero-order valence-electron chi connectivity index (χ0n) is 16.3. The first-order valence-corrected chi connectivity index (χ1v) is 10.4. The number of carbonyl (C=O) groups excluding carboxylic acids is 1. The highest BCUT2D eigenvalue weighted by atomic mass is 32.2. The first-order chi connectivity index (χ1) is 13.4. The fourth-order valence-electron chi connectivity index (χ4n) is 2.49. The Morgan fingerprint density at radius 2 is 1.79 bits per heavy atom. The van der Waals surface area contributed by atoms with Gasteiger partial charge in [-0.1, -0.05) is 17.7 Å². The summed E-state index contributed by atoms with van der Waals surface area (Å²) >= 11 is 0. The van der Waals surface area contributed by atoms with Crippen molar-refractivity contribution in [3.8, 4) is 11.5 Å². The fraction of sp³-hybridized carbons (Fsp3) is 0.350. The highest BCUT2D eigenvalue weighted by Crippen LogP contribution is 2.24. The van der Waals surface area contributed by atoms with Gasteiger partial charge in [-0.05, 0) is 57.1 Å². The lowest BCUT2D eigenvalue weighted by atomic mass is 10.2. The van der Waals surface area contributed by atoms with E-state index in [2.05, 4.69) is 10.0 Å². The number of nitrogens with one attached hydrogen (secondary N) is 2. The van der Waals surface area contributed by atoms with Gasteiger partial charge in [-0.25, -0.2) is 13.1 Å². The summed E-state index contributed by atoms with van der Waals surface area (Å²) < 4.78 is 37.1. The third-order valence-electron chi connectivity index (χ3n) is 4.13. The molecule has 2 N–H and O–H groups in total. The monoisotopic (exact) mass is 406 g/mol. The molecular formula is C20H26N2O5S. The summed E-state index contributed by atoms with van der Waals surface area (Å²) in [6.07, 6.45) is 1.53. The van der Waals surface area contributed by atoms with Crippen LogP contribution in [0.1, 0.15) is 28.8 Å². The molecule has 1 amide bonds. The van der Waals surface area contributed by atoms with E-state index in [1.54, 1.807) is 0 Å². The molecule has 0 aromatic heterocycles. The average molecular weight is 407 g/mol. The number of aryl methyl sites for hydroxylation is 1. The van der Waals surface area contributed by atoms with Gasteiger partial charge in [0, 0.05) is 12.1 Å². The third-order valence-corrected chi connectivity index (χ3v) is 5.57. The van der Waals surface area contributed by atoms with E-state index >= 15 is 0 Å². The summed E-state index contributed by atoms with van der Waals surface area (Å²) in [5.41, 5.74) is 1.44. The van der Waals surface area contributed by atoms with E-state index in [0.717, 1.165) is 18.6 Å². The molecule has 0 bridgehead atoms. The number of benzene rings is 2. The summed E-state index contributed by atoms with van der Waals surface area (Å²) in [5, 5.41) is 2.79. The van der Waals surface area contributed by atoms with Crippen molar-refractivity contribution in [1.29, 1.82) is 0 Å². The van der Waals surface area contributed by atoms with Crippen LogP contribution < -0.4 is 19.5 Å². The summed E-state index contributed by atoms with van der Waals surface area (Å²) in [4.78, 5) is 12.2. The minimum Gasteiger partial charge on any atom is -0.495 e. The Morgan fingerprint density at radius 1 is 1.07 bits per heavy atom. The second-order valence-corrected chi connectivity index (χ2v) is 8.05. The van der Waals surface area contributed by atoms with Gasteiger partial charge in [0.1, 0.15) is 16.4 Å². The van der Waals surface area contributed by atoms with Crippen molar-refractivity contribution in [1.82, 2.24) is 10.0 Å². The predicted octanol–water partition coefficient (Wildman–Crippen LogP) is 2.50. The number of methoxy groups -OCH3 is 1. The number of carbonyl (C=O) groups is 1. The molecule has 8 heteroatoms. The molecule has 0 saturated heterocycles. The molecule has 0 fully saturated rings. The van der Waals surface area contributed by atoms with Gasteiger partial charge in [-0.15, -0.1) is 0 Å². The Hall–Kier alpha value is -2.58. The highest BCUT2D eigenvalue weighted by molar-refractivity contribution is 7.89. The van der Waals surface area contributed by atoms with Crippen LogP contribution in [0.25, 0.3) is 0 Å². The maximum absolute atomic E-state index is 12.3. The van der Waals surface area contributed by atoms with Crippen molar-refractivity contribution >= 4 is 15.9 Å². The number of rotatable bonds is 10.